The van der Waals surface area contributed by atoms with Crippen LogP contribution >= 0.6 is 0 Å². The number of nitrogens with zero attached hydrogens (tertiary/aromatic N) is 2. The van der Waals surface area contributed by atoms with Crippen LogP contribution in [-0.4, -0.2) is 47.5 Å². The van der Waals surface area contributed by atoms with Gasteiger partial charge in [-0.1, -0.05) is 60.2 Å². The maximum Gasteiger partial charge on any atom is 0.249 e. The van der Waals surface area contributed by atoms with Gasteiger partial charge in [-0.05, 0) is 30.9 Å². The SMILES string of the molecule is Cc1cccc(CN2CC[C@@H]3OCC(=O)N(Cc4ccccc4)[C@H]3CC2)c1. The molecule has 2 heterocycles. The smallest absolute Gasteiger partial charge is 0.249 e. The van der Waals surface area contributed by atoms with Gasteiger partial charge in [0.05, 0.1) is 12.1 Å². The third-order valence-corrected chi connectivity index (χ3v) is 5.73. The number of hydrogen-bond donors (Lipinski definition) is 0. The Bertz CT molecular complexity index is 777. The lowest BCUT2D eigenvalue weighted by atomic mass is 10.0. The van der Waals surface area contributed by atoms with Gasteiger partial charge in [0.25, 0.3) is 0 Å². The number of fused-ring (bicyclic) bond motifs is 1. The van der Waals surface area contributed by atoms with Crippen LogP contribution in [0.3, 0.4) is 0 Å². The zero-order valence-corrected chi connectivity index (χ0v) is 16.0. The van der Waals surface area contributed by atoms with Crippen LogP contribution in [0.25, 0.3) is 0 Å². The molecule has 2 aliphatic rings. The summed E-state index contributed by atoms with van der Waals surface area (Å²) in [6.45, 7) is 6.02. The molecule has 0 radical (unpaired) electrons. The topological polar surface area (TPSA) is 32.8 Å². The van der Waals surface area contributed by atoms with Crippen LogP contribution in [0, 0.1) is 6.92 Å². The summed E-state index contributed by atoms with van der Waals surface area (Å²) in [4.78, 5) is 17.1. The summed E-state index contributed by atoms with van der Waals surface area (Å²) in [7, 11) is 0. The molecule has 2 saturated heterocycles. The predicted octanol–water partition coefficient (Wildman–Crippen LogP) is 3.39. The summed E-state index contributed by atoms with van der Waals surface area (Å²) < 4.78 is 5.94. The maximum atomic E-state index is 12.6. The number of hydrogen-bond acceptors (Lipinski definition) is 3. The molecule has 0 saturated carbocycles. The van der Waals surface area contributed by atoms with Gasteiger partial charge in [-0.15, -0.1) is 0 Å². The van der Waals surface area contributed by atoms with Crippen LogP contribution in [0.5, 0.6) is 0 Å². The van der Waals surface area contributed by atoms with E-state index in [1.807, 2.05) is 18.2 Å². The molecule has 0 spiro atoms. The maximum absolute atomic E-state index is 12.6. The number of carbonyl (C=O) groups is 1. The average molecular weight is 364 g/mol. The quantitative estimate of drug-likeness (QED) is 0.834. The first-order valence-electron chi connectivity index (χ1n) is 9.92. The molecule has 2 atom stereocenters. The van der Waals surface area contributed by atoms with Gasteiger partial charge < -0.3 is 9.64 Å². The molecular formula is C23H28N2O2. The van der Waals surface area contributed by atoms with E-state index in [0.717, 1.165) is 32.5 Å². The van der Waals surface area contributed by atoms with Crippen molar-refractivity contribution in [2.45, 2.75) is 45.0 Å². The highest BCUT2D eigenvalue weighted by molar-refractivity contribution is 5.78. The highest BCUT2D eigenvalue weighted by Crippen LogP contribution is 2.26. The molecule has 2 aromatic carbocycles. The lowest BCUT2D eigenvalue weighted by molar-refractivity contribution is -0.158. The minimum atomic E-state index is 0.118. The Hall–Kier alpha value is -2.17. The molecule has 0 N–H and O–H groups in total. The Kier molecular flexibility index (Phi) is 5.55. The summed E-state index contributed by atoms with van der Waals surface area (Å²) >= 11 is 0. The lowest BCUT2D eigenvalue weighted by Crippen LogP contribution is -2.53. The first-order chi connectivity index (χ1) is 13.2. The van der Waals surface area contributed by atoms with Crippen molar-refractivity contribution < 1.29 is 9.53 Å². The summed E-state index contributed by atoms with van der Waals surface area (Å²) in [5, 5.41) is 0. The molecule has 4 nitrogen and oxygen atoms in total. The van der Waals surface area contributed by atoms with Gasteiger partial charge in [0.1, 0.15) is 6.61 Å². The molecular weight excluding hydrogens is 336 g/mol. The summed E-state index contributed by atoms with van der Waals surface area (Å²) in [5.74, 6) is 0.118. The monoisotopic (exact) mass is 364 g/mol. The number of aryl methyl sites for hydroxylation is 1. The summed E-state index contributed by atoms with van der Waals surface area (Å²) in [6, 6.07) is 19.2. The molecule has 4 heteroatoms. The number of carbonyl (C=O) groups excluding carboxylic acids is 1. The van der Waals surface area contributed by atoms with E-state index < -0.39 is 0 Å². The predicted molar refractivity (Wildman–Crippen MR) is 106 cm³/mol. The van der Waals surface area contributed by atoms with Crippen LogP contribution in [-0.2, 0) is 22.6 Å². The zero-order chi connectivity index (χ0) is 18.6. The zero-order valence-electron chi connectivity index (χ0n) is 16.0. The van der Waals surface area contributed by atoms with Crippen molar-refractivity contribution in [1.29, 1.82) is 0 Å². The summed E-state index contributed by atoms with van der Waals surface area (Å²) in [6.07, 6.45) is 2.10. The molecule has 27 heavy (non-hydrogen) atoms. The van der Waals surface area contributed by atoms with E-state index >= 15 is 0 Å². The van der Waals surface area contributed by atoms with Gasteiger partial charge in [-0.25, -0.2) is 0 Å². The van der Waals surface area contributed by atoms with Crippen molar-refractivity contribution in [3.63, 3.8) is 0 Å². The number of rotatable bonds is 4. The fourth-order valence-corrected chi connectivity index (χ4v) is 4.32. The number of ether oxygens (including phenoxy) is 1. The number of benzene rings is 2. The fraction of sp³-hybridized carbons (Fsp3) is 0.435. The van der Waals surface area contributed by atoms with E-state index in [-0.39, 0.29) is 24.7 Å². The van der Waals surface area contributed by atoms with Gasteiger partial charge >= 0.3 is 0 Å². The van der Waals surface area contributed by atoms with Crippen LogP contribution < -0.4 is 0 Å². The van der Waals surface area contributed by atoms with Gasteiger partial charge in [0, 0.05) is 26.2 Å². The molecule has 4 rings (SSSR count). The van der Waals surface area contributed by atoms with E-state index in [4.69, 9.17) is 4.74 Å². The van der Waals surface area contributed by atoms with Crippen molar-refractivity contribution in [3.8, 4) is 0 Å². The third-order valence-electron chi connectivity index (χ3n) is 5.73. The Morgan fingerprint density at radius 3 is 2.56 bits per heavy atom. The molecule has 0 bridgehead atoms. The normalized spacial score (nSPS) is 23.7. The second-order valence-corrected chi connectivity index (χ2v) is 7.77. The highest BCUT2D eigenvalue weighted by Gasteiger charge is 2.38. The molecule has 2 aromatic rings. The van der Waals surface area contributed by atoms with Crippen LogP contribution in [0.2, 0.25) is 0 Å². The first-order valence-corrected chi connectivity index (χ1v) is 9.92. The molecule has 142 valence electrons. The molecule has 2 fully saturated rings. The second-order valence-electron chi connectivity index (χ2n) is 7.77. The van der Waals surface area contributed by atoms with E-state index in [1.54, 1.807) is 0 Å². The van der Waals surface area contributed by atoms with Gasteiger partial charge in [0.15, 0.2) is 0 Å². The molecule has 0 aromatic heterocycles. The Balaban J connectivity index is 1.45. The second kappa shape index (κ2) is 8.24. The van der Waals surface area contributed by atoms with E-state index in [0.29, 0.717) is 6.54 Å². The van der Waals surface area contributed by atoms with Crippen LogP contribution in [0.4, 0.5) is 0 Å². The number of amides is 1. The minimum absolute atomic E-state index is 0.118. The summed E-state index contributed by atoms with van der Waals surface area (Å²) in [5.41, 5.74) is 3.85. The van der Waals surface area contributed by atoms with Gasteiger partial charge in [-0.3, -0.25) is 9.69 Å². The molecule has 0 unspecified atom stereocenters. The highest BCUT2D eigenvalue weighted by atomic mass is 16.5. The third kappa shape index (κ3) is 4.40. The van der Waals surface area contributed by atoms with Crippen molar-refractivity contribution in [2.75, 3.05) is 19.7 Å². The Labute approximate surface area is 161 Å². The standard InChI is InChI=1S/C23H28N2O2/c1-18-6-5-9-20(14-18)15-24-12-10-21-22(11-13-24)27-17-23(26)25(21)16-19-7-3-2-4-8-19/h2-9,14,21-22H,10-13,15-17H2,1H3/t21-,22-/m0/s1. The molecule has 0 aliphatic carbocycles. The molecule has 2 aliphatic heterocycles. The van der Waals surface area contributed by atoms with E-state index in [9.17, 15) is 4.79 Å². The fourth-order valence-electron chi connectivity index (χ4n) is 4.32. The average Bonchev–Trinajstić information content (AvgIpc) is 2.88. The number of likely N-dealkylation sites (tertiary alicyclic amines) is 1. The number of morpholine rings is 1. The van der Waals surface area contributed by atoms with Crippen molar-refractivity contribution >= 4 is 5.91 Å². The van der Waals surface area contributed by atoms with Crippen LogP contribution in [0.1, 0.15) is 29.5 Å². The van der Waals surface area contributed by atoms with Gasteiger partial charge in [-0.2, -0.15) is 0 Å². The Morgan fingerprint density at radius 2 is 1.74 bits per heavy atom. The van der Waals surface area contributed by atoms with Gasteiger partial charge in [0.2, 0.25) is 5.91 Å². The first kappa shape index (κ1) is 18.2. The lowest BCUT2D eigenvalue weighted by Gasteiger charge is -2.40. The Morgan fingerprint density at radius 1 is 0.963 bits per heavy atom. The van der Waals surface area contributed by atoms with Crippen molar-refractivity contribution in [1.82, 2.24) is 9.80 Å². The van der Waals surface area contributed by atoms with Crippen LogP contribution in [0.15, 0.2) is 54.6 Å². The van der Waals surface area contributed by atoms with E-state index in [2.05, 4.69) is 53.1 Å². The van der Waals surface area contributed by atoms with E-state index in [1.165, 1.54) is 16.7 Å². The largest absolute Gasteiger partial charge is 0.366 e. The van der Waals surface area contributed by atoms with Crippen molar-refractivity contribution in [3.05, 3.63) is 71.3 Å². The minimum Gasteiger partial charge on any atom is -0.366 e. The van der Waals surface area contributed by atoms with Crippen molar-refractivity contribution in [2.24, 2.45) is 0 Å². The molecule has 1 amide bonds.